The summed E-state index contributed by atoms with van der Waals surface area (Å²) in [5.74, 6) is -0.579. The maximum absolute atomic E-state index is 11.5. The Balaban J connectivity index is 3.16. The molecule has 0 aromatic heterocycles. The second kappa shape index (κ2) is 4.46. The number of hydrogen-bond acceptors (Lipinski definition) is 5. The molecule has 5 nitrogen and oxygen atoms in total. The molecule has 1 atom stereocenters. The maximum Gasteiger partial charge on any atom is 0.330 e. The van der Waals surface area contributed by atoms with Crippen molar-refractivity contribution in [2.24, 2.45) is 5.73 Å². The molecule has 0 saturated carbocycles. The Labute approximate surface area is 100 Å². The van der Waals surface area contributed by atoms with Crippen LogP contribution in [0.3, 0.4) is 0 Å². The van der Waals surface area contributed by atoms with Gasteiger partial charge in [0.05, 0.1) is 12.0 Å². The van der Waals surface area contributed by atoms with E-state index >= 15 is 0 Å². The summed E-state index contributed by atoms with van der Waals surface area (Å²) in [6, 6.07) is 5.85. The average Bonchev–Trinajstić information content (AvgIpc) is 2.27. The van der Waals surface area contributed by atoms with Gasteiger partial charge in [0.25, 0.3) is 0 Å². The van der Waals surface area contributed by atoms with E-state index in [0.29, 0.717) is 5.56 Å². The minimum Gasteiger partial charge on any atom is -0.467 e. The topological polar surface area (TPSA) is 86.5 Å². The first-order valence-electron chi connectivity index (χ1n) is 4.87. The van der Waals surface area contributed by atoms with Crippen molar-refractivity contribution in [3.63, 3.8) is 0 Å². The van der Waals surface area contributed by atoms with Gasteiger partial charge in [-0.2, -0.15) is 0 Å². The molecule has 1 unspecified atom stereocenters. The predicted molar refractivity (Wildman–Crippen MR) is 63.1 cm³/mol. The molecule has 1 rings (SSSR count). The molecule has 0 aliphatic heterocycles. The van der Waals surface area contributed by atoms with Crippen LogP contribution in [-0.4, -0.2) is 27.8 Å². The lowest BCUT2D eigenvalue weighted by Gasteiger charge is -2.21. The van der Waals surface area contributed by atoms with E-state index in [0.717, 1.165) is 6.26 Å². The fourth-order valence-electron chi connectivity index (χ4n) is 1.38. The number of benzene rings is 1. The van der Waals surface area contributed by atoms with Crippen molar-refractivity contribution < 1.29 is 17.9 Å². The third kappa shape index (κ3) is 2.83. The van der Waals surface area contributed by atoms with Crippen LogP contribution in [0.1, 0.15) is 12.5 Å². The summed E-state index contributed by atoms with van der Waals surface area (Å²) in [6.45, 7) is 1.51. The third-order valence-corrected chi connectivity index (χ3v) is 3.62. The Morgan fingerprint density at radius 3 is 2.12 bits per heavy atom. The fraction of sp³-hybridized carbons (Fsp3) is 0.364. The number of carbonyl (C=O) groups is 1. The zero-order valence-corrected chi connectivity index (χ0v) is 10.7. The number of ether oxygens (including phenoxy) is 1. The van der Waals surface area contributed by atoms with E-state index < -0.39 is 21.3 Å². The second-order valence-electron chi connectivity index (χ2n) is 3.99. The number of nitrogens with two attached hydrogens (primary N) is 1. The first-order chi connectivity index (χ1) is 7.69. The van der Waals surface area contributed by atoms with Crippen molar-refractivity contribution in [1.29, 1.82) is 0 Å². The zero-order chi connectivity index (χ0) is 13.3. The molecule has 17 heavy (non-hydrogen) atoms. The van der Waals surface area contributed by atoms with Gasteiger partial charge in [0.15, 0.2) is 9.84 Å². The summed E-state index contributed by atoms with van der Waals surface area (Å²) in [4.78, 5) is 11.6. The van der Waals surface area contributed by atoms with Crippen LogP contribution in [0, 0.1) is 0 Å². The molecule has 0 spiro atoms. The number of carbonyl (C=O) groups excluding carboxylic acids is 1. The minimum atomic E-state index is -3.25. The molecule has 0 fully saturated rings. The van der Waals surface area contributed by atoms with Gasteiger partial charge in [0.1, 0.15) is 5.54 Å². The SMILES string of the molecule is COC(=O)C(C)(N)c1ccc(S(C)(=O)=O)cc1. The molecular formula is C11H15NO4S. The summed E-state index contributed by atoms with van der Waals surface area (Å²) in [5.41, 5.74) is 5.04. The van der Waals surface area contributed by atoms with Crippen molar-refractivity contribution >= 4 is 15.8 Å². The van der Waals surface area contributed by atoms with Crippen LogP contribution in [0.25, 0.3) is 0 Å². The van der Waals surface area contributed by atoms with Crippen LogP contribution < -0.4 is 5.73 Å². The Morgan fingerprint density at radius 2 is 1.76 bits per heavy atom. The summed E-state index contributed by atoms with van der Waals surface area (Å²) in [5, 5.41) is 0. The lowest BCUT2D eigenvalue weighted by Crippen LogP contribution is -2.42. The average molecular weight is 257 g/mol. The Kier molecular flexibility index (Phi) is 3.59. The van der Waals surface area contributed by atoms with Gasteiger partial charge in [-0.15, -0.1) is 0 Å². The van der Waals surface area contributed by atoms with E-state index in [-0.39, 0.29) is 4.90 Å². The Morgan fingerprint density at radius 1 is 1.29 bits per heavy atom. The van der Waals surface area contributed by atoms with Crippen molar-refractivity contribution in [2.75, 3.05) is 13.4 Å². The van der Waals surface area contributed by atoms with Gasteiger partial charge in [-0.1, -0.05) is 12.1 Å². The first-order valence-corrected chi connectivity index (χ1v) is 6.76. The molecule has 0 aliphatic carbocycles. The van der Waals surface area contributed by atoms with Crippen LogP contribution in [0.15, 0.2) is 29.2 Å². The first kappa shape index (κ1) is 13.7. The zero-order valence-electron chi connectivity index (χ0n) is 9.93. The molecule has 0 aliphatic rings. The van der Waals surface area contributed by atoms with Crippen molar-refractivity contribution in [1.82, 2.24) is 0 Å². The molecule has 2 N–H and O–H groups in total. The van der Waals surface area contributed by atoms with Crippen LogP contribution in [-0.2, 0) is 24.9 Å². The van der Waals surface area contributed by atoms with Gasteiger partial charge >= 0.3 is 5.97 Å². The smallest absolute Gasteiger partial charge is 0.330 e. The molecular weight excluding hydrogens is 242 g/mol. The van der Waals surface area contributed by atoms with Gasteiger partial charge in [0, 0.05) is 6.26 Å². The number of methoxy groups -OCH3 is 1. The summed E-state index contributed by atoms with van der Waals surface area (Å²) >= 11 is 0. The molecule has 6 heteroatoms. The van der Waals surface area contributed by atoms with Gasteiger partial charge in [-0.3, -0.25) is 0 Å². The van der Waals surface area contributed by atoms with E-state index in [1.165, 1.54) is 38.3 Å². The highest BCUT2D eigenvalue weighted by atomic mass is 32.2. The molecule has 0 radical (unpaired) electrons. The quantitative estimate of drug-likeness (QED) is 0.794. The van der Waals surface area contributed by atoms with Crippen molar-refractivity contribution in [2.45, 2.75) is 17.4 Å². The van der Waals surface area contributed by atoms with Gasteiger partial charge in [0.2, 0.25) is 0 Å². The predicted octanol–water partition coefficient (Wildman–Crippen LogP) is 0.437. The molecule has 0 bridgehead atoms. The molecule has 94 valence electrons. The summed E-state index contributed by atoms with van der Waals surface area (Å²) in [6.07, 6.45) is 1.12. The van der Waals surface area contributed by atoms with Crippen LogP contribution in [0.4, 0.5) is 0 Å². The molecule has 1 aromatic rings. The van der Waals surface area contributed by atoms with Crippen LogP contribution >= 0.6 is 0 Å². The summed E-state index contributed by atoms with van der Waals surface area (Å²) in [7, 11) is -2.00. The lowest BCUT2D eigenvalue weighted by molar-refractivity contribution is -0.146. The molecule has 0 heterocycles. The number of sulfone groups is 1. The third-order valence-electron chi connectivity index (χ3n) is 2.49. The van der Waals surface area contributed by atoms with Crippen LogP contribution in [0.2, 0.25) is 0 Å². The van der Waals surface area contributed by atoms with E-state index in [1.807, 2.05) is 0 Å². The fourth-order valence-corrected chi connectivity index (χ4v) is 2.01. The maximum atomic E-state index is 11.5. The number of hydrogen-bond donors (Lipinski definition) is 1. The highest BCUT2D eigenvalue weighted by Gasteiger charge is 2.31. The van der Waals surface area contributed by atoms with E-state index in [4.69, 9.17) is 5.73 Å². The normalized spacial score (nSPS) is 15.1. The van der Waals surface area contributed by atoms with Gasteiger partial charge in [-0.05, 0) is 24.6 Å². The molecule has 0 saturated heterocycles. The van der Waals surface area contributed by atoms with Gasteiger partial charge < -0.3 is 10.5 Å². The van der Waals surface area contributed by atoms with Gasteiger partial charge in [-0.25, -0.2) is 13.2 Å². The second-order valence-corrected chi connectivity index (χ2v) is 6.01. The highest BCUT2D eigenvalue weighted by Crippen LogP contribution is 2.21. The Hall–Kier alpha value is -1.40. The van der Waals surface area contributed by atoms with E-state index in [2.05, 4.69) is 4.74 Å². The van der Waals surface area contributed by atoms with Crippen molar-refractivity contribution in [3.8, 4) is 0 Å². The lowest BCUT2D eigenvalue weighted by atomic mass is 9.93. The van der Waals surface area contributed by atoms with E-state index in [9.17, 15) is 13.2 Å². The molecule has 1 aromatic carbocycles. The minimum absolute atomic E-state index is 0.182. The highest BCUT2D eigenvalue weighted by molar-refractivity contribution is 7.90. The molecule has 0 amide bonds. The van der Waals surface area contributed by atoms with E-state index in [1.54, 1.807) is 0 Å². The monoisotopic (exact) mass is 257 g/mol. The standard InChI is InChI=1S/C11H15NO4S/c1-11(12,10(13)16-2)8-4-6-9(7-5-8)17(3,14)15/h4-7H,12H2,1-3H3. The Bertz CT molecular complexity index is 517. The summed E-state index contributed by atoms with van der Waals surface area (Å²) < 4.78 is 27.1. The number of rotatable bonds is 3. The number of esters is 1. The van der Waals surface area contributed by atoms with Crippen LogP contribution in [0.5, 0.6) is 0 Å². The largest absolute Gasteiger partial charge is 0.467 e. The van der Waals surface area contributed by atoms with Crippen molar-refractivity contribution in [3.05, 3.63) is 29.8 Å².